The van der Waals surface area contributed by atoms with Crippen LogP contribution in [0.2, 0.25) is 0 Å². The van der Waals surface area contributed by atoms with Crippen LogP contribution in [-0.2, 0) is 4.79 Å². The molecule has 0 saturated heterocycles. The summed E-state index contributed by atoms with van der Waals surface area (Å²) in [6.45, 7) is 3.83. The summed E-state index contributed by atoms with van der Waals surface area (Å²) in [5, 5.41) is 2.86. The molecule has 3 N–H and O–H groups in total. The minimum atomic E-state index is -0.811. The minimum absolute atomic E-state index is 0.157. The Hall–Kier alpha value is -0.390. The predicted molar refractivity (Wildman–Crippen MR) is 78.0 cm³/mol. The van der Waals surface area contributed by atoms with Gasteiger partial charge in [0.25, 0.3) is 0 Å². The fourth-order valence-corrected chi connectivity index (χ4v) is 2.62. The molecule has 0 aliphatic carbocycles. The van der Waals surface area contributed by atoms with E-state index in [1.807, 2.05) is 32.0 Å². The van der Waals surface area contributed by atoms with E-state index in [4.69, 9.17) is 5.73 Å². The molecule has 1 aromatic carbocycles. The molecule has 0 radical (unpaired) electrons. The topological polar surface area (TPSA) is 55.1 Å². The predicted octanol–water partition coefficient (Wildman–Crippen LogP) is 3.67. The van der Waals surface area contributed by atoms with E-state index >= 15 is 0 Å². The van der Waals surface area contributed by atoms with Crippen LogP contribution in [0.1, 0.15) is 26.7 Å². The maximum atomic E-state index is 12.1. The van der Waals surface area contributed by atoms with Gasteiger partial charge < -0.3 is 11.1 Å². The number of hydrogen-bond donors (Lipinski definition) is 2. The number of nitrogens with two attached hydrogens (primary N) is 1. The molecule has 5 heteroatoms. The van der Waals surface area contributed by atoms with Crippen LogP contribution in [0, 0.1) is 0 Å². The fraction of sp³-hybridized carbons (Fsp3) is 0.417. The monoisotopic (exact) mass is 362 g/mol. The summed E-state index contributed by atoms with van der Waals surface area (Å²) in [6, 6.07) is 5.63. The van der Waals surface area contributed by atoms with Gasteiger partial charge in [-0.15, -0.1) is 0 Å². The zero-order valence-electron chi connectivity index (χ0n) is 9.89. The van der Waals surface area contributed by atoms with Crippen LogP contribution in [0.3, 0.4) is 0 Å². The number of benzene rings is 1. The van der Waals surface area contributed by atoms with Gasteiger partial charge in [0, 0.05) is 8.95 Å². The maximum Gasteiger partial charge on any atom is 0.244 e. The van der Waals surface area contributed by atoms with Gasteiger partial charge in [-0.3, -0.25) is 4.79 Å². The van der Waals surface area contributed by atoms with Crippen LogP contribution in [0.5, 0.6) is 0 Å². The molecule has 0 unspecified atom stereocenters. The highest BCUT2D eigenvalue weighted by molar-refractivity contribution is 9.11. The van der Waals surface area contributed by atoms with Gasteiger partial charge in [-0.05, 0) is 56.8 Å². The van der Waals surface area contributed by atoms with Crippen molar-refractivity contribution in [2.24, 2.45) is 5.73 Å². The number of hydrogen-bond acceptors (Lipinski definition) is 2. The first kappa shape index (κ1) is 14.7. The third kappa shape index (κ3) is 3.30. The number of amides is 1. The van der Waals surface area contributed by atoms with Crippen molar-refractivity contribution in [1.82, 2.24) is 0 Å². The van der Waals surface area contributed by atoms with Gasteiger partial charge in [0.1, 0.15) is 0 Å². The summed E-state index contributed by atoms with van der Waals surface area (Å²) in [5.41, 5.74) is 5.95. The van der Waals surface area contributed by atoms with Crippen LogP contribution >= 0.6 is 31.9 Å². The van der Waals surface area contributed by atoms with Crippen LogP contribution in [0.4, 0.5) is 5.69 Å². The van der Waals surface area contributed by atoms with E-state index in [0.717, 1.165) is 8.95 Å². The van der Waals surface area contributed by atoms with E-state index in [1.165, 1.54) is 0 Å². The van der Waals surface area contributed by atoms with Crippen LogP contribution in [-0.4, -0.2) is 11.4 Å². The number of anilines is 1. The van der Waals surface area contributed by atoms with E-state index in [1.54, 1.807) is 0 Å². The Morgan fingerprint density at radius 2 is 1.76 bits per heavy atom. The Morgan fingerprint density at radius 3 is 2.18 bits per heavy atom. The van der Waals surface area contributed by atoms with Crippen molar-refractivity contribution in [2.75, 3.05) is 5.32 Å². The van der Waals surface area contributed by atoms with Gasteiger partial charge in [0.05, 0.1) is 11.2 Å². The van der Waals surface area contributed by atoms with Gasteiger partial charge in [0.15, 0.2) is 0 Å². The van der Waals surface area contributed by atoms with Crippen LogP contribution in [0.15, 0.2) is 27.1 Å². The minimum Gasteiger partial charge on any atom is -0.323 e. The SMILES string of the molecule is CCC(N)(CC)C(=O)Nc1c(Br)cccc1Br. The smallest absolute Gasteiger partial charge is 0.244 e. The Labute approximate surface area is 118 Å². The van der Waals surface area contributed by atoms with Gasteiger partial charge in [0.2, 0.25) is 5.91 Å². The maximum absolute atomic E-state index is 12.1. The van der Waals surface area contributed by atoms with E-state index in [2.05, 4.69) is 37.2 Å². The lowest BCUT2D eigenvalue weighted by molar-refractivity contribution is -0.121. The largest absolute Gasteiger partial charge is 0.323 e. The lowest BCUT2D eigenvalue weighted by atomic mass is 9.93. The van der Waals surface area contributed by atoms with Crippen molar-refractivity contribution in [3.8, 4) is 0 Å². The second-order valence-electron chi connectivity index (χ2n) is 3.91. The average Bonchev–Trinajstić information content (AvgIpc) is 2.32. The lowest BCUT2D eigenvalue weighted by Crippen LogP contribution is -2.50. The zero-order chi connectivity index (χ0) is 13.1. The molecular formula is C12H16Br2N2O. The Morgan fingerprint density at radius 1 is 1.29 bits per heavy atom. The molecule has 0 spiro atoms. The highest BCUT2D eigenvalue weighted by Crippen LogP contribution is 2.31. The molecule has 0 heterocycles. The second-order valence-corrected chi connectivity index (χ2v) is 5.62. The quantitative estimate of drug-likeness (QED) is 0.857. The molecule has 0 aromatic heterocycles. The molecule has 0 saturated carbocycles. The summed E-state index contributed by atoms with van der Waals surface area (Å²) in [5.74, 6) is -0.157. The lowest BCUT2D eigenvalue weighted by Gasteiger charge is -2.25. The molecular weight excluding hydrogens is 348 g/mol. The Kier molecular flexibility index (Phi) is 5.16. The summed E-state index contributed by atoms with van der Waals surface area (Å²) < 4.78 is 1.66. The van der Waals surface area contributed by atoms with Crippen LogP contribution in [0.25, 0.3) is 0 Å². The third-order valence-electron chi connectivity index (χ3n) is 2.92. The molecule has 0 fully saturated rings. The molecule has 17 heavy (non-hydrogen) atoms. The van der Waals surface area contributed by atoms with Crippen molar-refractivity contribution in [1.29, 1.82) is 0 Å². The number of carbonyl (C=O) groups is 1. The molecule has 94 valence electrons. The molecule has 0 aliphatic heterocycles. The van der Waals surface area contributed by atoms with E-state index in [9.17, 15) is 4.79 Å². The first-order valence-electron chi connectivity index (χ1n) is 5.49. The molecule has 1 amide bonds. The number of carbonyl (C=O) groups excluding carboxylic acids is 1. The second kappa shape index (κ2) is 5.98. The number of halogens is 2. The summed E-state index contributed by atoms with van der Waals surface area (Å²) in [6.07, 6.45) is 1.22. The average molecular weight is 364 g/mol. The standard InChI is InChI=1S/C12H16Br2N2O/c1-3-12(15,4-2)11(17)16-10-8(13)6-5-7-9(10)14/h5-7H,3-4,15H2,1-2H3,(H,16,17). The van der Waals surface area contributed by atoms with Gasteiger partial charge >= 0.3 is 0 Å². The molecule has 0 bridgehead atoms. The van der Waals surface area contributed by atoms with Crippen molar-refractivity contribution in [3.63, 3.8) is 0 Å². The first-order valence-corrected chi connectivity index (χ1v) is 7.07. The van der Waals surface area contributed by atoms with Gasteiger partial charge in [-0.2, -0.15) is 0 Å². The van der Waals surface area contributed by atoms with Gasteiger partial charge in [-0.25, -0.2) is 0 Å². The third-order valence-corrected chi connectivity index (χ3v) is 4.24. The molecule has 1 aromatic rings. The number of rotatable bonds is 4. The highest BCUT2D eigenvalue weighted by atomic mass is 79.9. The van der Waals surface area contributed by atoms with E-state index < -0.39 is 5.54 Å². The van der Waals surface area contributed by atoms with Crippen molar-refractivity contribution < 1.29 is 4.79 Å². The van der Waals surface area contributed by atoms with Crippen molar-refractivity contribution in [2.45, 2.75) is 32.2 Å². The normalized spacial score (nSPS) is 11.4. The molecule has 0 atom stereocenters. The Bertz CT molecular complexity index is 397. The highest BCUT2D eigenvalue weighted by Gasteiger charge is 2.30. The van der Waals surface area contributed by atoms with E-state index in [-0.39, 0.29) is 5.91 Å². The molecule has 1 rings (SSSR count). The molecule has 3 nitrogen and oxygen atoms in total. The number of nitrogens with one attached hydrogen (secondary N) is 1. The summed E-state index contributed by atoms with van der Waals surface area (Å²) >= 11 is 6.80. The van der Waals surface area contributed by atoms with Crippen molar-refractivity contribution >= 4 is 43.5 Å². The van der Waals surface area contributed by atoms with E-state index in [0.29, 0.717) is 18.5 Å². The number of para-hydroxylation sites is 1. The Balaban J connectivity index is 2.96. The van der Waals surface area contributed by atoms with Crippen LogP contribution < -0.4 is 11.1 Å². The summed E-state index contributed by atoms with van der Waals surface area (Å²) in [7, 11) is 0. The van der Waals surface area contributed by atoms with Crippen molar-refractivity contribution in [3.05, 3.63) is 27.1 Å². The fourth-order valence-electron chi connectivity index (χ4n) is 1.43. The van der Waals surface area contributed by atoms with Gasteiger partial charge in [-0.1, -0.05) is 19.9 Å². The first-order chi connectivity index (χ1) is 7.94. The summed E-state index contributed by atoms with van der Waals surface area (Å²) in [4.78, 5) is 12.1. The zero-order valence-corrected chi connectivity index (χ0v) is 13.1. The molecule has 0 aliphatic rings.